The number of piperazine rings is 1. The third kappa shape index (κ3) is 3.33. The summed E-state index contributed by atoms with van der Waals surface area (Å²) in [6, 6.07) is 7.62. The van der Waals surface area contributed by atoms with Gasteiger partial charge in [0.1, 0.15) is 10.7 Å². The van der Waals surface area contributed by atoms with Crippen molar-refractivity contribution in [1.29, 1.82) is 5.26 Å². The Kier molecular flexibility index (Phi) is 4.84. The van der Waals surface area contributed by atoms with Crippen LogP contribution in [0.25, 0.3) is 0 Å². The van der Waals surface area contributed by atoms with Crippen LogP contribution in [-0.2, 0) is 0 Å². The number of nitriles is 1. The van der Waals surface area contributed by atoms with E-state index in [1.165, 1.54) is 11.3 Å². The minimum absolute atomic E-state index is 0.114. The maximum Gasteiger partial charge on any atom is 0.265 e. The molecule has 0 unspecified atom stereocenters. The summed E-state index contributed by atoms with van der Waals surface area (Å²) in [5.74, 6) is 0.916. The molecule has 1 amide bonds. The molecule has 0 aliphatic carbocycles. The van der Waals surface area contributed by atoms with Crippen molar-refractivity contribution < 1.29 is 4.79 Å². The van der Waals surface area contributed by atoms with Crippen molar-refractivity contribution in [2.24, 2.45) is 0 Å². The number of pyridine rings is 1. The van der Waals surface area contributed by atoms with Gasteiger partial charge < -0.3 is 9.80 Å². The van der Waals surface area contributed by atoms with Crippen LogP contribution >= 0.6 is 23.1 Å². The largest absolute Gasteiger partial charge is 0.353 e. The van der Waals surface area contributed by atoms with E-state index in [0.717, 1.165) is 28.7 Å². The first kappa shape index (κ1) is 15.8. The first-order valence-corrected chi connectivity index (χ1v) is 9.35. The van der Waals surface area contributed by atoms with E-state index < -0.39 is 0 Å². The molecule has 1 aliphatic rings. The number of carbonyl (C=O) groups excluding carboxylic acids is 1. The first-order chi connectivity index (χ1) is 11.2. The number of carbonyl (C=O) groups is 1. The van der Waals surface area contributed by atoms with E-state index in [-0.39, 0.29) is 5.91 Å². The van der Waals surface area contributed by atoms with Crippen molar-refractivity contribution in [2.75, 3.05) is 37.3 Å². The van der Waals surface area contributed by atoms with Crippen molar-refractivity contribution >= 4 is 34.8 Å². The second-order valence-electron chi connectivity index (χ2n) is 5.11. The summed E-state index contributed by atoms with van der Waals surface area (Å²) in [4.78, 5) is 22.9. The number of aromatic nitrogens is 1. The Labute approximate surface area is 143 Å². The maximum atomic E-state index is 12.6. The number of thiophene rings is 1. The molecule has 1 fully saturated rings. The third-order valence-corrected chi connectivity index (χ3v) is 5.62. The topological polar surface area (TPSA) is 60.2 Å². The summed E-state index contributed by atoms with van der Waals surface area (Å²) < 4.78 is 0. The summed E-state index contributed by atoms with van der Waals surface area (Å²) >= 11 is 3.11. The van der Waals surface area contributed by atoms with E-state index in [9.17, 15) is 4.79 Å². The number of amides is 1. The fourth-order valence-corrected chi connectivity index (χ4v) is 4.27. The van der Waals surface area contributed by atoms with Gasteiger partial charge in [-0.25, -0.2) is 4.98 Å². The lowest BCUT2D eigenvalue weighted by Crippen LogP contribution is -2.49. The Morgan fingerprint density at radius 1 is 1.35 bits per heavy atom. The number of nitrogens with zero attached hydrogens (tertiary/aromatic N) is 4. The van der Waals surface area contributed by atoms with Gasteiger partial charge in [0.2, 0.25) is 0 Å². The van der Waals surface area contributed by atoms with Crippen LogP contribution in [0.1, 0.15) is 15.2 Å². The molecule has 1 aliphatic heterocycles. The average Bonchev–Trinajstić information content (AvgIpc) is 3.10. The van der Waals surface area contributed by atoms with Crippen molar-refractivity contribution in [3.8, 4) is 6.07 Å². The lowest BCUT2D eigenvalue weighted by atomic mass is 10.2. The summed E-state index contributed by atoms with van der Waals surface area (Å²) in [5, 5.41) is 10.9. The van der Waals surface area contributed by atoms with Crippen LogP contribution in [-0.4, -0.2) is 48.2 Å². The molecule has 0 saturated carbocycles. The lowest BCUT2D eigenvalue weighted by molar-refractivity contribution is 0.0748. The number of hydrogen-bond acceptors (Lipinski definition) is 6. The van der Waals surface area contributed by atoms with Gasteiger partial charge in [-0.15, -0.1) is 23.1 Å². The van der Waals surface area contributed by atoms with Crippen LogP contribution in [0.4, 0.5) is 5.82 Å². The molecular weight excluding hydrogens is 328 g/mol. The molecule has 0 radical (unpaired) electrons. The summed E-state index contributed by atoms with van der Waals surface area (Å²) in [6.07, 6.45) is 3.65. The Morgan fingerprint density at radius 3 is 2.83 bits per heavy atom. The predicted molar refractivity (Wildman–Crippen MR) is 93.2 cm³/mol. The normalized spacial score (nSPS) is 14.6. The minimum Gasteiger partial charge on any atom is -0.353 e. The highest BCUT2D eigenvalue weighted by Gasteiger charge is 2.25. The van der Waals surface area contributed by atoms with Gasteiger partial charge >= 0.3 is 0 Å². The van der Waals surface area contributed by atoms with Crippen molar-refractivity contribution in [3.63, 3.8) is 0 Å². The van der Waals surface area contributed by atoms with Gasteiger partial charge in [0.15, 0.2) is 0 Å². The highest BCUT2D eigenvalue weighted by Crippen LogP contribution is 2.27. The van der Waals surface area contributed by atoms with Gasteiger partial charge in [0.25, 0.3) is 5.91 Å². The Bertz CT molecular complexity index is 745. The molecule has 3 rings (SSSR count). The fraction of sp³-hybridized carbons (Fsp3) is 0.312. The average molecular weight is 344 g/mol. The summed E-state index contributed by atoms with van der Waals surface area (Å²) in [5.41, 5.74) is 0.608. The molecule has 0 atom stereocenters. The Morgan fingerprint density at radius 2 is 2.13 bits per heavy atom. The van der Waals surface area contributed by atoms with Crippen LogP contribution in [0.5, 0.6) is 0 Å². The van der Waals surface area contributed by atoms with Crippen LogP contribution in [0.15, 0.2) is 34.7 Å². The zero-order valence-electron chi connectivity index (χ0n) is 12.7. The molecule has 0 spiro atoms. The second kappa shape index (κ2) is 7.02. The number of hydrogen-bond donors (Lipinski definition) is 0. The van der Waals surface area contributed by atoms with E-state index in [4.69, 9.17) is 5.26 Å². The zero-order chi connectivity index (χ0) is 16.2. The maximum absolute atomic E-state index is 12.6. The molecule has 1 saturated heterocycles. The molecule has 0 bridgehead atoms. The van der Waals surface area contributed by atoms with Gasteiger partial charge in [-0.3, -0.25) is 4.79 Å². The minimum atomic E-state index is 0.114. The highest BCUT2D eigenvalue weighted by atomic mass is 32.2. The molecule has 3 heterocycles. The molecule has 0 N–H and O–H groups in total. The van der Waals surface area contributed by atoms with Crippen molar-refractivity contribution in [1.82, 2.24) is 9.88 Å². The van der Waals surface area contributed by atoms with Crippen molar-refractivity contribution in [3.05, 3.63) is 40.2 Å². The van der Waals surface area contributed by atoms with Crippen LogP contribution < -0.4 is 4.90 Å². The van der Waals surface area contributed by atoms with Gasteiger partial charge in [0, 0.05) is 37.3 Å². The number of thioether (sulfide) groups is 1. The molecule has 7 heteroatoms. The Balaban J connectivity index is 1.66. The molecule has 0 aromatic carbocycles. The van der Waals surface area contributed by atoms with E-state index in [0.29, 0.717) is 18.7 Å². The Hall–Kier alpha value is -2.04. The quantitative estimate of drug-likeness (QED) is 0.801. The monoisotopic (exact) mass is 344 g/mol. The molecule has 5 nitrogen and oxygen atoms in total. The molecule has 118 valence electrons. The summed E-state index contributed by atoms with van der Waals surface area (Å²) in [6.45, 7) is 2.80. The molecule has 2 aromatic heterocycles. The second-order valence-corrected chi connectivity index (χ2v) is 6.88. The molecular formula is C16H16N4OS2. The molecule has 23 heavy (non-hydrogen) atoms. The fourth-order valence-electron chi connectivity index (χ4n) is 2.56. The van der Waals surface area contributed by atoms with E-state index in [1.807, 2.05) is 22.6 Å². The van der Waals surface area contributed by atoms with Gasteiger partial charge in [-0.05, 0) is 29.8 Å². The van der Waals surface area contributed by atoms with Crippen LogP contribution in [0, 0.1) is 11.3 Å². The highest BCUT2D eigenvalue weighted by molar-refractivity contribution is 7.98. The van der Waals surface area contributed by atoms with E-state index >= 15 is 0 Å². The van der Waals surface area contributed by atoms with E-state index in [1.54, 1.807) is 30.1 Å². The predicted octanol–water partition coefficient (Wildman–Crippen LogP) is 2.70. The van der Waals surface area contributed by atoms with Gasteiger partial charge in [-0.2, -0.15) is 5.26 Å². The van der Waals surface area contributed by atoms with Gasteiger partial charge in [0.05, 0.1) is 11.6 Å². The standard InChI is InChI=1S/C16H16N4OS2/c1-22-13-3-9-23-15(13)16(21)20-7-5-19(6-8-20)14-10-12(11-17)2-4-18-14/h2-4,9-10H,5-8H2,1H3. The smallest absolute Gasteiger partial charge is 0.265 e. The van der Waals surface area contributed by atoms with Gasteiger partial charge in [-0.1, -0.05) is 0 Å². The summed E-state index contributed by atoms with van der Waals surface area (Å²) in [7, 11) is 0. The number of rotatable bonds is 3. The molecule has 2 aromatic rings. The van der Waals surface area contributed by atoms with Crippen LogP contribution in [0.2, 0.25) is 0 Å². The van der Waals surface area contributed by atoms with Crippen LogP contribution in [0.3, 0.4) is 0 Å². The van der Waals surface area contributed by atoms with Crippen molar-refractivity contribution in [2.45, 2.75) is 4.90 Å². The SMILES string of the molecule is CSc1ccsc1C(=O)N1CCN(c2cc(C#N)ccn2)CC1. The first-order valence-electron chi connectivity index (χ1n) is 7.25. The third-order valence-electron chi connectivity index (χ3n) is 3.81. The van der Waals surface area contributed by atoms with E-state index in [2.05, 4.69) is 16.0 Å². The number of anilines is 1. The lowest BCUT2D eigenvalue weighted by Gasteiger charge is -2.35. The zero-order valence-corrected chi connectivity index (χ0v) is 14.4.